The van der Waals surface area contributed by atoms with E-state index in [0.29, 0.717) is 0 Å². The molecule has 0 aromatic heterocycles. The summed E-state index contributed by atoms with van der Waals surface area (Å²) in [4.78, 5) is 0. The average molecular weight is 243 g/mol. The zero-order valence-corrected chi connectivity index (χ0v) is 10.8. The van der Waals surface area contributed by atoms with Gasteiger partial charge in [0.15, 0.2) is 0 Å². The molecule has 0 saturated heterocycles. The molecular formula is C16H18FN. The van der Waals surface area contributed by atoms with Gasteiger partial charge in [0.2, 0.25) is 0 Å². The predicted molar refractivity (Wildman–Crippen MR) is 73.1 cm³/mol. The minimum atomic E-state index is -0.198. The third-order valence-corrected chi connectivity index (χ3v) is 3.18. The zero-order valence-electron chi connectivity index (χ0n) is 10.8. The van der Waals surface area contributed by atoms with Crippen molar-refractivity contribution in [1.29, 1.82) is 0 Å². The van der Waals surface area contributed by atoms with E-state index in [4.69, 9.17) is 0 Å². The third kappa shape index (κ3) is 2.77. The molecule has 18 heavy (non-hydrogen) atoms. The van der Waals surface area contributed by atoms with Gasteiger partial charge >= 0.3 is 0 Å². The second-order valence-corrected chi connectivity index (χ2v) is 4.37. The van der Waals surface area contributed by atoms with Gasteiger partial charge in [-0.3, -0.25) is 0 Å². The maximum Gasteiger partial charge on any atom is 0.123 e. The van der Waals surface area contributed by atoms with Crippen molar-refractivity contribution in [2.24, 2.45) is 0 Å². The standard InChI is InChI=1S/C16H18FN/c1-3-12-5-4-6-14(11-12)16(18-2)13-7-9-15(17)10-8-13/h4-11,16,18H,3H2,1-2H3. The highest BCUT2D eigenvalue weighted by Gasteiger charge is 2.11. The van der Waals surface area contributed by atoms with Crippen LogP contribution in [0.15, 0.2) is 48.5 Å². The van der Waals surface area contributed by atoms with Crippen LogP contribution in [0.5, 0.6) is 0 Å². The molecule has 0 fully saturated rings. The van der Waals surface area contributed by atoms with Gasteiger partial charge in [0, 0.05) is 0 Å². The molecule has 2 aromatic rings. The van der Waals surface area contributed by atoms with E-state index in [2.05, 4.69) is 36.5 Å². The van der Waals surface area contributed by atoms with E-state index in [0.717, 1.165) is 12.0 Å². The lowest BCUT2D eigenvalue weighted by Gasteiger charge is -2.18. The topological polar surface area (TPSA) is 12.0 Å². The van der Waals surface area contributed by atoms with Crippen LogP contribution in [0.25, 0.3) is 0 Å². The molecule has 94 valence electrons. The van der Waals surface area contributed by atoms with E-state index in [9.17, 15) is 4.39 Å². The van der Waals surface area contributed by atoms with Gasteiger partial charge in [0.25, 0.3) is 0 Å². The number of hydrogen-bond acceptors (Lipinski definition) is 1. The van der Waals surface area contributed by atoms with Crippen LogP contribution in [0.2, 0.25) is 0 Å². The Morgan fingerprint density at radius 1 is 1.06 bits per heavy atom. The lowest BCUT2D eigenvalue weighted by molar-refractivity contribution is 0.623. The first kappa shape index (κ1) is 12.8. The number of aryl methyl sites for hydroxylation is 1. The predicted octanol–water partition coefficient (Wildman–Crippen LogP) is 3.70. The van der Waals surface area contributed by atoms with Gasteiger partial charge in [-0.15, -0.1) is 0 Å². The second-order valence-electron chi connectivity index (χ2n) is 4.37. The van der Waals surface area contributed by atoms with Gasteiger partial charge in [-0.05, 0) is 42.3 Å². The molecule has 2 heteroatoms. The molecule has 1 N–H and O–H groups in total. The van der Waals surface area contributed by atoms with Crippen LogP contribution in [0.3, 0.4) is 0 Å². The molecule has 0 radical (unpaired) electrons. The highest BCUT2D eigenvalue weighted by molar-refractivity contribution is 5.34. The molecule has 0 heterocycles. The van der Waals surface area contributed by atoms with Crippen molar-refractivity contribution in [2.75, 3.05) is 7.05 Å². The average Bonchev–Trinajstić information content (AvgIpc) is 2.42. The highest BCUT2D eigenvalue weighted by Crippen LogP contribution is 2.22. The fourth-order valence-electron chi connectivity index (χ4n) is 2.17. The first-order valence-corrected chi connectivity index (χ1v) is 6.26. The molecule has 2 rings (SSSR count). The van der Waals surface area contributed by atoms with Crippen molar-refractivity contribution < 1.29 is 4.39 Å². The largest absolute Gasteiger partial charge is 0.309 e. The van der Waals surface area contributed by atoms with Crippen LogP contribution >= 0.6 is 0 Å². The number of rotatable bonds is 4. The molecule has 0 aliphatic carbocycles. The molecule has 0 saturated carbocycles. The Kier molecular flexibility index (Phi) is 4.11. The molecule has 0 aliphatic heterocycles. The van der Waals surface area contributed by atoms with E-state index in [-0.39, 0.29) is 11.9 Å². The van der Waals surface area contributed by atoms with Crippen LogP contribution in [-0.2, 0) is 6.42 Å². The number of benzene rings is 2. The quantitative estimate of drug-likeness (QED) is 0.863. The maximum atomic E-state index is 13.0. The van der Waals surface area contributed by atoms with E-state index >= 15 is 0 Å². The lowest BCUT2D eigenvalue weighted by Crippen LogP contribution is -2.17. The fraction of sp³-hybridized carbons (Fsp3) is 0.250. The summed E-state index contributed by atoms with van der Waals surface area (Å²) in [7, 11) is 1.92. The van der Waals surface area contributed by atoms with Crippen molar-refractivity contribution in [1.82, 2.24) is 5.32 Å². The van der Waals surface area contributed by atoms with Gasteiger partial charge < -0.3 is 5.32 Å². The number of nitrogens with one attached hydrogen (secondary N) is 1. The first-order chi connectivity index (χ1) is 8.74. The minimum absolute atomic E-state index is 0.108. The lowest BCUT2D eigenvalue weighted by atomic mass is 9.97. The van der Waals surface area contributed by atoms with Crippen LogP contribution < -0.4 is 5.32 Å². The van der Waals surface area contributed by atoms with Crippen LogP contribution in [0.1, 0.15) is 29.7 Å². The summed E-state index contributed by atoms with van der Waals surface area (Å²) in [6.45, 7) is 2.14. The zero-order chi connectivity index (χ0) is 13.0. The van der Waals surface area contributed by atoms with Crippen molar-refractivity contribution >= 4 is 0 Å². The Morgan fingerprint density at radius 2 is 1.78 bits per heavy atom. The molecule has 0 bridgehead atoms. The molecular weight excluding hydrogens is 225 g/mol. The molecule has 1 atom stereocenters. The third-order valence-electron chi connectivity index (χ3n) is 3.18. The Hall–Kier alpha value is -1.67. The summed E-state index contributed by atoms with van der Waals surface area (Å²) in [6.07, 6.45) is 1.02. The van der Waals surface area contributed by atoms with Crippen molar-refractivity contribution in [3.05, 3.63) is 71.0 Å². The summed E-state index contributed by atoms with van der Waals surface area (Å²) in [5, 5.41) is 3.28. The highest BCUT2D eigenvalue weighted by atomic mass is 19.1. The van der Waals surface area contributed by atoms with Gasteiger partial charge in [0.1, 0.15) is 5.82 Å². The Bertz CT molecular complexity index is 505. The number of hydrogen-bond donors (Lipinski definition) is 1. The molecule has 0 amide bonds. The summed E-state index contributed by atoms with van der Waals surface area (Å²) in [5.41, 5.74) is 3.60. The molecule has 0 aliphatic rings. The Labute approximate surface area is 108 Å². The van der Waals surface area contributed by atoms with Crippen LogP contribution in [0, 0.1) is 5.82 Å². The van der Waals surface area contributed by atoms with Crippen LogP contribution in [-0.4, -0.2) is 7.05 Å². The molecule has 2 aromatic carbocycles. The van der Waals surface area contributed by atoms with Gasteiger partial charge in [0.05, 0.1) is 6.04 Å². The Balaban J connectivity index is 2.35. The van der Waals surface area contributed by atoms with Crippen molar-refractivity contribution in [3.8, 4) is 0 Å². The molecule has 1 nitrogen and oxygen atoms in total. The van der Waals surface area contributed by atoms with Gasteiger partial charge in [-0.2, -0.15) is 0 Å². The summed E-state index contributed by atoms with van der Waals surface area (Å²) in [5.74, 6) is -0.198. The molecule has 1 unspecified atom stereocenters. The Morgan fingerprint density at radius 3 is 2.39 bits per heavy atom. The van der Waals surface area contributed by atoms with Crippen molar-refractivity contribution in [2.45, 2.75) is 19.4 Å². The minimum Gasteiger partial charge on any atom is -0.309 e. The first-order valence-electron chi connectivity index (χ1n) is 6.26. The maximum absolute atomic E-state index is 13.0. The van der Waals surface area contributed by atoms with E-state index in [1.165, 1.54) is 23.3 Å². The molecule has 0 spiro atoms. The second kappa shape index (κ2) is 5.78. The fourth-order valence-corrected chi connectivity index (χ4v) is 2.17. The SMILES string of the molecule is CCc1cccc(C(NC)c2ccc(F)cc2)c1. The monoisotopic (exact) mass is 243 g/mol. The summed E-state index contributed by atoms with van der Waals surface area (Å²) >= 11 is 0. The van der Waals surface area contributed by atoms with Gasteiger partial charge in [-0.1, -0.05) is 43.3 Å². The van der Waals surface area contributed by atoms with Crippen LogP contribution in [0.4, 0.5) is 4.39 Å². The van der Waals surface area contributed by atoms with E-state index < -0.39 is 0 Å². The normalized spacial score (nSPS) is 12.4. The van der Waals surface area contributed by atoms with E-state index in [1.54, 1.807) is 0 Å². The van der Waals surface area contributed by atoms with Gasteiger partial charge in [-0.25, -0.2) is 4.39 Å². The summed E-state index contributed by atoms with van der Waals surface area (Å²) in [6, 6.07) is 15.3. The number of halogens is 1. The summed E-state index contributed by atoms with van der Waals surface area (Å²) < 4.78 is 13.0. The smallest absolute Gasteiger partial charge is 0.123 e. The van der Waals surface area contributed by atoms with E-state index in [1.807, 2.05) is 19.2 Å². The van der Waals surface area contributed by atoms with Crippen molar-refractivity contribution in [3.63, 3.8) is 0 Å².